The summed E-state index contributed by atoms with van der Waals surface area (Å²) < 4.78 is 13.3. The maximum Gasteiger partial charge on any atom is 0.221 e. The van der Waals surface area contributed by atoms with Gasteiger partial charge in [0, 0.05) is 17.5 Å². The van der Waals surface area contributed by atoms with Gasteiger partial charge in [0.15, 0.2) is 5.78 Å². The van der Waals surface area contributed by atoms with E-state index in [0.717, 1.165) is 0 Å². The fourth-order valence-corrected chi connectivity index (χ4v) is 1.19. The molecule has 0 bridgehead atoms. The second-order valence-electron chi connectivity index (χ2n) is 3.37. The summed E-state index contributed by atoms with van der Waals surface area (Å²) in [5, 5.41) is 0. The Kier molecular flexibility index (Phi) is 3.94. The van der Waals surface area contributed by atoms with Gasteiger partial charge in [-0.1, -0.05) is 12.2 Å². The maximum atomic E-state index is 13.3. The average molecular weight is 221 g/mol. The summed E-state index contributed by atoms with van der Waals surface area (Å²) in [6, 6.07) is 4.08. The van der Waals surface area contributed by atoms with Crippen LogP contribution in [0.1, 0.15) is 29.3 Å². The first-order valence-electron chi connectivity index (χ1n) is 4.76. The van der Waals surface area contributed by atoms with Crippen LogP contribution in [0, 0.1) is 5.82 Å². The number of benzene rings is 1. The number of amides is 1. The summed E-state index contributed by atoms with van der Waals surface area (Å²) in [7, 11) is 0. The Morgan fingerprint density at radius 2 is 2.12 bits per heavy atom. The van der Waals surface area contributed by atoms with E-state index in [1.54, 1.807) is 0 Å². The largest absolute Gasteiger partial charge is 0.369 e. The monoisotopic (exact) mass is 221 g/mol. The Bertz CT molecular complexity index is 452. The van der Waals surface area contributed by atoms with Crippen molar-refractivity contribution in [3.05, 3.63) is 41.2 Å². The number of ketones is 1. The van der Waals surface area contributed by atoms with Crippen molar-refractivity contribution >= 4 is 17.8 Å². The van der Waals surface area contributed by atoms with Crippen LogP contribution < -0.4 is 5.73 Å². The molecule has 0 spiro atoms. The van der Waals surface area contributed by atoms with Crippen LogP contribution in [0.25, 0.3) is 6.08 Å². The summed E-state index contributed by atoms with van der Waals surface area (Å²) in [6.07, 6.45) is 2.95. The topological polar surface area (TPSA) is 60.2 Å². The lowest BCUT2D eigenvalue weighted by molar-refractivity contribution is -0.117. The number of hydrogen-bond donors (Lipinski definition) is 1. The average Bonchev–Trinajstić information content (AvgIpc) is 2.20. The predicted molar refractivity (Wildman–Crippen MR) is 59.2 cm³/mol. The minimum atomic E-state index is -0.487. The Hall–Kier alpha value is -1.97. The first-order chi connectivity index (χ1) is 7.50. The highest BCUT2D eigenvalue weighted by molar-refractivity contribution is 5.94. The highest BCUT2D eigenvalue weighted by atomic mass is 19.1. The second kappa shape index (κ2) is 5.21. The van der Waals surface area contributed by atoms with Crippen molar-refractivity contribution in [3.63, 3.8) is 0 Å². The molecule has 4 heteroatoms. The number of rotatable bonds is 4. The Labute approximate surface area is 92.8 Å². The third-order valence-electron chi connectivity index (χ3n) is 2.02. The van der Waals surface area contributed by atoms with Crippen LogP contribution in [0.15, 0.2) is 24.3 Å². The predicted octanol–water partition coefficient (Wildman–Crippen LogP) is 1.92. The van der Waals surface area contributed by atoms with Gasteiger partial charge in [-0.05, 0) is 25.1 Å². The molecule has 0 aliphatic rings. The van der Waals surface area contributed by atoms with Crippen molar-refractivity contribution < 1.29 is 14.0 Å². The van der Waals surface area contributed by atoms with Gasteiger partial charge < -0.3 is 5.73 Å². The molecule has 1 aromatic rings. The number of primary amides is 1. The van der Waals surface area contributed by atoms with Crippen molar-refractivity contribution in [2.75, 3.05) is 0 Å². The zero-order chi connectivity index (χ0) is 12.1. The van der Waals surface area contributed by atoms with Gasteiger partial charge in [0.2, 0.25) is 5.91 Å². The lowest BCUT2D eigenvalue weighted by Gasteiger charge is -2.00. The molecule has 0 aliphatic heterocycles. The van der Waals surface area contributed by atoms with Crippen LogP contribution in [0.5, 0.6) is 0 Å². The minimum absolute atomic E-state index is 0.0454. The van der Waals surface area contributed by atoms with E-state index in [-0.39, 0.29) is 17.8 Å². The van der Waals surface area contributed by atoms with Crippen LogP contribution in [0.2, 0.25) is 0 Å². The molecule has 0 aromatic heterocycles. The van der Waals surface area contributed by atoms with Crippen molar-refractivity contribution in [1.82, 2.24) is 0 Å². The van der Waals surface area contributed by atoms with E-state index < -0.39 is 11.7 Å². The van der Waals surface area contributed by atoms with Crippen molar-refractivity contribution in [3.8, 4) is 0 Å². The molecule has 3 nitrogen and oxygen atoms in total. The van der Waals surface area contributed by atoms with E-state index in [9.17, 15) is 14.0 Å². The molecule has 16 heavy (non-hydrogen) atoms. The van der Waals surface area contributed by atoms with Crippen LogP contribution in [0.3, 0.4) is 0 Å². The lowest BCUT2D eigenvalue weighted by atomic mass is 10.1. The molecule has 0 fully saturated rings. The summed E-state index contributed by atoms with van der Waals surface area (Å²) >= 11 is 0. The molecule has 1 amide bonds. The fourth-order valence-electron chi connectivity index (χ4n) is 1.19. The number of Topliss-reactive ketones (excluding diaryl/α,β-unsaturated/α-hetero) is 1. The molecular weight excluding hydrogens is 209 g/mol. The van der Waals surface area contributed by atoms with Gasteiger partial charge in [-0.15, -0.1) is 0 Å². The standard InChI is InChI=1S/C12H12FNO2/c1-8(15)9-5-6-11(13)10(7-9)3-2-4-12(14)16/h2-3,5-7H,4H2,1H3,(H2,14,16). The number of halogens is 1. The van der Waals surface area contributed by atoms with Crippen LogP contribution in [-0.2, 0) is 4.79 Å². The number of carbonyl (C=O) groups is 2. The molecule has 0 aliphatic carbocycles. The third-order valence-corrected chi connectivity index (χ3v) is 2.02. The van der Waals surface area contributed by atoms with E-state index in [2.05, 4.69) is 0 Å². The van der Waals surface area contributed by atoms with Crippen LogP contribution in [-0.4, -0.2) is 11.7 Å². The zero-order valence-electron chi connectivity index (χ0n) is 8.87. The molecule has 0 heterocycles. The highest BCUT2D eigenvalue weighted by Crippen LogP contribution is 2.13. The molecule has 1 aromatic carbocycles. The van der Waals surface area contributed by atoms with Gasteiger partial charge in [0.25, 0.3) is 0 Å². The van der Waals surface area contributed by atoms with Gasteiger partial charge in [-0.3, -0.25) is 9.59 Å². The normalized spacial score (nSPS) is 10.6. The fraction of sp³-hybridized carbons (Fsp3) is 0.167. The third kappa shape index (κ3) is 3.31. The number of hydrogen-bond acceptors (Lipinski definition) is 2. The maximum absolute atomic E-state index is 13.3. The molecule has 2 N–H and O–H groups in total. The SMILES string of the molecule is CC(=O)c1ccc(F)c(C=CCC(N)=O)c1. The van der Waals surface area contributed by atoms with Gasteiger partial charge in [0.05, 0.1) is 0 Å². The van der Waals surface area contributed by atoms with Crippen molar-refractivity contribution in [2.24, 2.45) is 5.73 Å². The zero-order valence-corrected chi connectivity index (χ0v) is 8.87. The molecule has 0 saturated carbocycles. The van der Waals surface area contributed by atoms with Crippen molar-refractivity contribution in [1.29, 1.82) is 0 Å². The first kappa shape index (κ1) is 12.1. The Morgan fingerprint density at radius 3 is 2.69 bits per heavy atom. The number of carbonyl (C=O) groups excluding carboxylic acids is 2. The summed E-state index contributed by atoms with van der Waals surface area (Å²) in [4.78, 5) is 21.5. The molecule has 84 valence electrons. The second-order valence-corrected chi connectivity index (χ2v) is 3.37. The Morgan fingerprint density at radius 1 is 1.44 bits per heavy atom. The minimum Gasteiger partial charge on any atom is -0.369 e. The molecule has 0 radical (unpaired) electrons. The van der Waals surface area contributed by atoms with Gasteiger partial charge in [0.1, 0.15) is 5.82 Å². The quantitative estimate of drug-likeness (QED) is 0.789. The van der Waals surface area contributed by atoms with Gasteiger partial charge in [-0.25, -0.2) is 4.39 Å². The summed E-state index contributed by atoms with van der Waals surface area (Å²) in [6.45, 7) is 1.41. The summed E-state index contributed by atoms with van der Waals surface area (Å²) in [5.74, 6) is -1.06. The molecule has 0 atom stereocenters. The van der Waals surface area contributed by atoms with Gasteiger partial charge >= 0.3 is 0 Å². The molecular formula is C12H12FNO2. The highest BCUT2D eigenvalue weighted by Gasteiger charge is 2.03. The first-order valence-corrected chi connectivity index (χ1v) is 4.76. The van der Waals surface area contributed by atoms with Crippen LogP contribution in [0.4, 0.5) is 4.39 Å². The smallest absolute Gasteiger partial charge is 0.221 e. The summed E-state index contributed by atoms with van der Waals surface area (Å²) in [5.41, 5.74) is 5.64. The van der Waals surface area contributed by atoms with Crippen molar-refractivity contribution in [2.45, 2.75) is 13.3 Å². The lowest BCUT2D eigenvalue weighted by Crippen LogP contribution is -2.07. The van der Waals surface area contributed by atoms with E-state index in [1.165, 1.54) is 37.3 Å². The number of nitrogens with two attached hydrogens (primary N) is 1. The van der Waals surface area contributed by atoms with Gasteiger partial charge in [-0.2, -0.15) is 0 Å². The van der Waals surface area contributed by atoms with E-state index >= 15 is 0 Å². The Balaban J connectivity index is 2.94. The van der Waals surface area contributed by atoms with Crippen LogP contribution >= 0.6 is 0 Å². The van der Waals surface area contributed by atoms with E-state index in [4.69, 9.17) is 5.73 Å². The molecule has 1 rings (SSSR count). The molecule has 0 unspecified atom stereocenters. The van der Waals surface area contributed by atoms with E-state index in [0.29, 0.717) is 5.56 Å². The molecule has 0 saturated heterocycles. The van der Waals surface area contributed by atoms with E-state index in [1.807, 2.05) is 0 Å².